The van der Waals surface area contributed by atoms with E-state index in [1.54, 1.807) is 4.90 Å². The summed E-state index contributed by atoms with van der Waals surface area (Å²) < 4.78 is 10.3. The van der Waals surface area contributed by atoms with Gasteiger partial charge in [0.2, 0.25) is 5.91 Å². The number of amides is 2. The average molecular weight is 446 g/mol. The zero-order valence-corrected chi connectivity index (χ0v) is 19.5. The minimum absolute atomic E-state index is 0.148. The van der Waals surface area contributed by atoms with Crippen LogP contribution in [0.3, 0.4) is 0 Å². The Bertz CT molecular complexity index is 800. The molecule has 0 spiro atoms. The summed E-state index contributed by atoms with van der Waals surface area (Å²) in [5.41, 5.74) is 0.881. The molecule has 1 N–H and O–H groups in total. The zero-order chi connectivity index (χ0) is 23.3. The predicted octanol–water partition coefficient (Wildman–Crippen LogP) is 2.56. The molecule has 4 unspecified atom stereocenters. The van der Waals surface area contributed by atoms with Crippen LogP contribution in [0.15, 0.2) is 30.3 Å². The summed E-state index contributed by atoms with van der Waals surface area (Å²) in [5.74, 6) is -0.799. The number of nitrogens with one attached hydrogen (secondary N) is 1. The minimum atomic E-state index is -0.632. The number of ether oxygens (including phenoxy) is 2. The minimum Gasteiger partial charge on any atom is -0.469 e. The number of hydrogen-bond donors (Lipinski definition) is 1. The fourth-order valence-corrected chi connectivity index (χ4v) is 4.77. The van der Waals surface area contributed by atoms with Gasteiger partial charge in [0, 0.05) is 24.7 Å². The maximum absolute atomic E-state index is 13.1. The van der Waals surface area contributed by atoms with Gasteiger partial charge in [-0.05, 0) is 52.1 Å². The van der Waals surface area contributed by atoms with Crippen LogP contribution >= 0.6 is 0 Å². The molecule has 1 saturated carbocycles. The van der Waals surface area contributed by atoms with Gasteiger partial charge in [-0.15, -0.1) is 0 Å². The number of alkyl carbamates (subject to hydrolysis) is 1. The number of benzene rings is 1. The highest BCUT2D eigenvalue weighted by atomic mass is 16.5. The summed E-state index contributed by atoms with van der Waals surface area (Å²) in [6, 6.07) is 9.19. The summed E-state index contributed by atoms with van der Waals surface area (Å²) in [6.45, 7) is 4.92. The molecule has 32 heavy (non-hydrogen) atoms. The average Bonchev–Trinajstić information content (AvgIpc) is 3.16. The third-order valence-electron chi connectivity index (χ3n) is 6.83. The Morgan fingerprint density at radius 2 is 1.91 bits per heavy atom. The zero-order valence-electron chi connectivity index (χ0n) is 19.5. The van der Waals surface area contributed by atoms with Crippen LogP contribution in [0.2, 0.25) is 0 Å². The van der Waals surface area contributed by atoms with E-state index in [-0.39, 0.29) is 36.5 Å². The highest BCUT2D eigenvalue weighted by molar-refractivity contribution is 5.88. The molecule has 0 radical (unpaired) electrons. The largest absolute Gasteiger partial charge is 0.469 e. The third kappa shape index (κ3) is 5.59. The number of rotatable bonds is 7. The van der Waals surface area contributed by atoms with Gasteiger partial charge in [-0.25, -0.2) is 4.79 Å². The van der Waals surface area contributed by atoms with Crippen molar-refractivity contribution < 1.29 is 23.9 Å². The monoisotopic (exact) mass is 445 g/mol. The van der Waals surface area contributed by atoms with Crippen molar-refractivity contribution in [3.05, 3.63) is 35.9 Å². The standard InChI is InChI=1S/C24H35N3O5/c1-16(2)26(3)18-10-11-21(19(14-18)23(29)31-4)27-13-12-20(22(27)28)25-24(30)32-15-17-8-6-5-7-9-17/h5-9,16,18-21H,10-15H2,1-4H3,(H,25,30). The van der Waals surface area contributed by atoms with Crippen molar-refractivity contribution in [1.29, 1.82) is 0 Å². The molecule has 2 fully saturated rings. The van der Waals surface area contributed by atoms with Gasteiger partial charge < -0.3 is 24.6 Å². The van der Waals surface area contributed by atoms with Crippen molar-refractivity contribution >= 4 is 18.0 Å². The highest BCUT2D eigenvalue weighted by Gasteiger charge is 2.45. The number of likely N-dealkylation sites (tertiary alicyclic amines) is 1. The van der Waals surface area contributed by atoms with Crippen molar-refractivity contribution in [1.82, 2.24) is 15.1 Å². The van der Waals surface area contributed by atoms with Crippen LogP contribution in [0.25, 0.3) is 0 Å². The molecule has 1 heterocycles. The van der Waals surface area contributed by atoms with Crippen LogP contribution in [-0.4, -0.2) is 72.6 Å². The van der Waals surface area contributed by atoms with Crippen LogP contribution in [-0.2, 0) is 25.7 Å². The van der Waals surface area contributed by atoms with E-state index < -0.39 is 12.1 Å². The summed E-state index contributed by atoms with van der Waals surface area (Å²) in [7, 11) is 3.47. The van der Waals surface area contributed by atoms with Crippen molar-refractivity contribution in [3.8, 4) is 0 Å². The lowest BCUT2D eigenvalue weighted by atomic mass is 9.80. The van der Waals surface area contributed by atoms with E-state index in [9.17, 15) is 14.4 Å². The molecule has 176 valence electrons. The Hall–Kier alpha value is -2.61. The maximum atomic E-state index is 13.1. The highest BCUT2D eigenvalue weighted by Crippen LogP contribution is 2.34. The molecule has 2 amide bonds. The number of nitrogens with zero attached hydrogens (tertiary/aromatic N) is 2. The normalized spacial score (nSPS) is 25.8. The topological polar surface area (TPSA) is 88.2 Å². The Labute approximate surface area is 190 Å². The van der Waals surface area contributed by atoms with E-state index in [4.69, 9.17) is 9.47 Å². The fourth-order valence-electron chi connectivity index (χ4n) is 4.77. The van der Waals surface area contributed by atoms with Gasteiger partial charge in [0.1, 0.15) is 12.6 Å². The van der Waals surface area contributed by atoms with E-state index in [2.05, 4.69) is 31.1 Å². The maximum Gasteiger partial charge on any atom is 0.408 e. The Kier molecular flexibility index (Phi) is 8.12. The lowest BCUT2D eigenvalue weighted by Gasteiger charge is -2.43. The third-order valence-corrected chi connectivity index (χ3v) is 6.83. The van der Waals surface area contributed by atoms with Gasteiger partial charge in [-0.2, -0.15) is 0 Å². The Balaban J connectivity index is 1.59. The summed E-state index contributed by atoms with van der Waals surface area (Å²) >= 11 is 0. The molecular formula is C24H35N3O5. The van der Waals surface area contributed by atoms with E-state index >= 15 is 0 Å². The Morgan fingerprint density at radius 1 is 1.19 bits per heavy atom. The second-order valence-electron chi connectivity index (χ2n) is 9.00. The molecule has 0 bridgehead atoms. The molecule has 8 nitrogen and oxygen atoms in total. The van der Waals surface area contributed by atoms with Crippen molar-refractivity contribution in [3.63, 3.8) is 0 Å². The summed E-state index contributed by atoms with van der Waals surface area (Å²) in [6.07, 6.45) is 2.19. The quantitative estimate of drug-likeness (QED) is 0.649. The van der Waals surface area contributed by atoms with Crippen LogP contribution < -0.4 is 5.32 Å². The second-order valence-corrected chi connectivity index (χ2v) is 9.00. The molecular weight excluding hydrogens is 410 g/mol. The molecule has 4 atom stereocenters. The molecule has 3 rings (SSSR count). The molecule has 8 heteroatoms. The van der Waals surface area contributed by atoms with Crippen molar-refractivity contribution in [2.75, 3.05) is 20.7 Å². The van der Waals surface area contributed by atoms with Gasteiger partial charge >= 0.3 is 12.1 Å². The fraction of sp³-hybridized carbons (Fsp3) is 0.625. The molecule has 1 aliphatic heterocycles. The van der Waals surface area contributed by atoms with Gasteiger partial charge in [0.05, 0.1) is 13.0 Å². The van der Waals surface area contributed by atoms with Crippen molar-refractivity contribution in [2.45, 2.75) is 70.3 Å². The lowest BCUT2D eigenvalue weighted by molar-refractivity contribution is -0.152. The second kappa shape index (κ2) is 10.8. The predicted molar refractivity (Wildman–Crippen MR) is 120 cm³/mol. The summed E-state index contributed by atoms with van der Waals surface area (Å²) in [4.78, 5) is 41.9. The first-order chi connectivity index (χ1) is 15.3. The number of esters is 1. The lowest BCUT2D eigenvalue weighted by Crippen LogP contribution is -2.53. The van der Waals surface area contributed by atoms with E-state index in [1.807, 2.05) is 30.3 Å². The van der Waals surface area contributed by atoms with E-state index in [0.29, 0.717) is 25.4 Å². The first-order valence-electron chi connectivity index (χ1n) is 11.4. The number of hydrogen-bond acceptors (Lipinski definition) is 6. The molecule has 2 aliphatic rings. The number of carbonyl (C=O) groups excluding carboxylic acids is 3. The van der Waals surface area contributed by atoms with Crippen molar-refractivity contribution in [2.24, 2.45) is 5.92 Å². The van der Waals surface area contributed by atoms with E-state index in [1.165, 1.54) is 7.11 Å². The molecule has 1 aromatic rings. The van der Waals surface area contributed by atoms with Crippen LogP contribution in [0.4, 0.5) is 4.79 Å². The Morgan fingerprint density at radius 3 is 2.56 bits per heavy atom. The van der Waals surface area contributed by atoms with Gasteiger partial charge in [-0.1, -0.05) is 30.3 Å². The SMILES string of the molecule is COC(=O)C1CC(N(C)C(C)C)CCC1N1CCC(NC(=O)OCc2ccccc2)C1=O. The smallest absolute Gasteiger partial charge is 0.408 e. The van der Waals surface area contributed by atoms with Gasteiger partial charge in [0.25, 0.3) is 0 Å². The molecule has 1 saturated heterocycles. The first-order valence-corrected chi connectivity index (χ1v) is 11.4. The summed E-state index contributed by atoms with van der Waals surface area (Å²) in [5, 5.41) is 2.69. The number of carbonyl (C=O) groups is 3. The van der Waals surface area contributed by atoms with Crippen LogP contribution in [0, 0.1) is 5.92 Å². The molecule has 1 aliphatic carbocycles. The molecule has 0 aromatic heterocycles. The molecule has 1 aromatic carbocycles. The van der Waals surface area contributed by atoms with Gasteiger partial charge in [-0.3, -0.25) is 9.59 Å². The van der Waals surface area contributed by atoms with Crippen LogP contribution in [0.1, 0.15) is 45.1 Å². The van der Waals surface area contributed by atoms with E-state index in [0.717, 1.165) is 18.4 Å². The van der Waals surface area contributed by atoms with Gasteiger partial charge in [0.15, 0.2) is 0 Å². The van der Waals surface area contributed by atoms with Crippen LogP contribution in [0.5, 0.6) is 0 Å². The first kappa shape index (κ1) is 24.0. The number of methoxy groups -OCH3 is 1.